The van der Waals surface area contributed by atoms with Crippen LogP contribution in [0.15, 0.2) is 60.0 Å². The molecule has 1 aliphatic heterocycles. The van der Waals surface area contributed by atoms with Gasteiger partial charge in [-0.05, 0) is 37.1 Å². The number of carboxylic acid groups (broad SMARTS) is 1. The average Bonchev–Trinajstić information content (AvgIpc) is 3.68. The van der Waals surface area contributed by atoms with Gasteiger partial charge in [0.15, 0.2) is 11.0 Å². The first kappa shape index (κ1) is 32.4. The van der Waals surface area contributed by atoms with E-state index in [0.717, 1.165) is 6.07 Å². The van der Waals surface area contributed by atoms with E-state index in [1.807, 2.05) is 0 Å². The van der Waals surface area contributed by atoms with Crippen LogP contribution < -0.4 is 10.9 Å². The molecule has 5 heterocycles. The number of carboxylic acids is 1. The van der Waals surface area contributed by atoms with Gasteiger partial charge in [-0.25, -0.2) is 18.9 Å². The number of aromatic nitrogens is 8. The molecule has 2 unspecified atom stereocenters. The van der Waals surface area contributed by atoms with E-state index in [4.69, 9.17) is 35.8 Å². The Morgan fingerprint density at radius 1 is 1.16 bits per heavy atom. The maximum atomic E-state index is 15.4. The van der Waals surface area contributed by atoms with Crippen LogP contribution >= 0.6 is 23.2 Å². The summed E-state index contributed by atoms with van der Waals surface area (Å²) in [6.07, 6.45) is -1.62. The fraction of sp³-hybridized carbons (Fsp3) is 0.267. The second-order valence-electron chi connectivity index (χ2n) is 10.5. The number of hydrogen-bond donors (Lipinski definition) is 2. The van der Waals surface area contributed by atoms with Crippen LogP contribution in [0.5, 0.6) is 0 Å². The fourth-order valence-corrected chi connectivity index (χ4v) is 5.17. The quantitative estimate of drug-likeness (QED) is 0.222. The summed E-state index contributed by atoms with van der Waals surface area (Å²) in [5, 5.41) is 21.8. The molecule has 4 aromatic heterocycles. The molecule has 19 heteroatoms. The highest BCUT2D eigenvalue weighted by atomic mass is 35.5. The molecule has 0 spiro atoms. The molecule has 2 N–H and O–H groups in total. The highest BCUT2D eigenvalue weighted by Gasteiger charge is 2.38. The summed E-state index contributed by atoms with van der Waals surface area (Å²) in [7, 11) is 1.73. The Morgan fingerprint density at radius 3 is 2.55 bits per heavy atom. The Kier molecular flexibility index (Phi) is 9.34. The van der Waals surface area contributed by atoms with Crippen LogP contribution in [0, 0.1) is 11.7 Å². The van der Waals surface area contributed by atoms with E-state index in [1.54, 1.807) is 37.0 Å². The molecule has 5 aromatic rings. The summed E-state index contributed by atoms with van der Waals surface area (Å²) in [5.41, 5.74) is 1.69. The zero-order valence-electron chi connectivity index (χ0n) is 27.2. The number of aliphatic carboxylic acids is 1. The molecular weight excluding hydrogens is 697 g/mol. The van der Waals surface area contributed by atoms with Crippen molar-refractivity contribution in [3.05, 3.63) is 87.3 Å². The summed E-state index contributed by atoms with van der Waals surface area (Å²) in [6, 6.07) is 6.66. The van der Waals surface area contributed by atoms with E-state index < -0.39 is 54.2 Å². The Bertz CT molecular complexity index is 2180. The number of nitrogens with one attached hydrogen (secondary N) is 1. The molecule has 0 saturated heterocycles. The molecular formula is C30H25Cl2F4N9O4. The number of amides is 1. The molecule has 49 heavy (non-hydrogen) atoms. The third kappa shape index (κ3) is 7.62. The topological polar surface area (TPSA) is 163 Å². The van der Waals surface area contributed by atoms with Crippen LogP contribution in [0.2, 0.25) is 10.2 Å². The van der Waals surface area contributed by atoms with Gasteiger partial charge < -0.3 is 10.4 Å². The van der Waals surface area contributed by atoms with E-state index in [9.17, 15) is 22.8 Å². The van der Waals surface area contributed by atoms with Crippen molar-refractivity contribution in [2.75, 3.05) is 5.32 Å². The zero-order chi connectivity index (χ0) is 37.4. The first-order chi connectivity index (χ1) is 24.0. The van der Waals surface area contributed by atoms with E-state index in [-0.39, 0.29) is 33.5 Å². The molecule has 1 aromatic carbocycles. The van der Waals surface area contributed by atoms with Crippen LogP contribution in [-0.2, 0) is 16.6 Å². The molecule has 1 aliphatic rings. The standard InChI is InChI=1S/C28H24Cl2FN9O2.C2HF3O2/c1-15-4-3-5-21(18-10-16(8-9-32-18)27-20(35-28(15)42)12-34-38(27)2)39-14-33-19(11-24(39)41)25-22(7-6-17(29)26(25)31)40-13-23(30)36-37-40;3-2(4,5)1(6)7/h6-15,21H,3-5H2,1-2H3,(H,35,42);(H,6,7)/t15-,21+;/m1./s1/i3D,4D;/t3?,4?,15-,21+;. The lowest BCUT2D eigenvalue weighted by Crippen LogP contribution is -2.27. The van der Waals surface area contributed by atoms with Gasteiger partial charge >= 0.3 is 12.1 Å². The van der Waals surface area contributed by atoms with Crippen LogP contribution in [-0.4, -0.2) is 62.5 Å². The Balaban J connectivity index is 0.000000654. The third-order valence-corrected chi connectivity index (χ3v) is 7.71. The zero-order valence-corrected chi connectivity index (χ0v) is 26.7. The fourth-order valence-electron chi connectivity index (χ4n) is 4.89. The molecule has 6 rings (SSSR count). The summed E-state index contributed by atoms with van der Waals surface area (Å²) in [5.74, 6) is -4.83. The number of hydrogen-bond acceptors (Lipinski definition) is 8. The largest absolute Gasteiger partial charge is 0.490 e. The number of alkyl halides is 3. The molecule has 2 bridgehead atoms. The molecule has 0 fully saturated rings. The molecule has 1 amide bonds. The maximum absolute atomic E-state index is 15.4. The Hall–Kier alpha value is -5.16. The lowest BCUT2D eigenvalue weighted by molar-refractivity contribution is -0.192. The Labute approximate surface area is 286 Å². The number of nitrogens with zero attached hydrogens (tertiary/aromatic N) is 8. The number of carbonyl (C=O) groups is 2. The van der Waals surface area contributed by atoms with Gasteiger partial charge in [0.1, 0.15) is 0 Å². The van der Waals surface area contributed by atoms with Crippen LogP contribution in [0.1, 0.15) is 40.6 Å². The number of rotatable bonds is 3. The lowest BCUT2D eigenvalue weighted by Gasteiger charge is -2.22. The predicted molar refractivity (Wildman–Crippen MR) is 169 cm³/mol. The molecule has 0 saturated carbocycles. The SMILES string of the molecule is O=C(O)C(F)(F)F.[2H]C1C[C@H](n2cnc(-c3c(-n4cc(Cl)nn4)ccc(Cl)c3F)cc2=O)c2cc(ccn2)-c2c(cnn2C)NC(=O)[C@H](C)C1[2H]. The van der Waals surface area contributed by atoms with Crippen LogP contribution in [0.3, 0.4) is 0 Å². The number of carbonyl (C=O) groups excluding carboxylic acids is 1. The van der Waals surface area contributed by atoms with E-state index >= 15 is 4.39 Å². The number of pyridine rings is 1. The van der Waals surface area contributed by atoms with Gasteiger partial charge in [-0.3, -0.25) is 23.8 Å². The van der Waals surface area contributed by atoms with Gasteiger partial charge in [-0.2, -0.15) is 18.3 Å². The number of halogens is 6. The highest BCUT2D eigenvalue weighted by molar-refractivity contribution is 6.31. The predicted octanol–water partition coefficient (Wildman–Crippen LogP) is 5.71. The first-order valence-electron chi connectivity index (χ1n) is 15.2. The van der Waals surface area contributed by atoms with Gasteiger partial charge in [0.25, 0.3) is 5.56 Å². The van der Waals surface area contributed by atoms with E-state index in [1.165, 1.54) is 40.1 Å². The minimum absolute atomic E-state index is 0.0200. The number of fused-ring (bicyclic) bond motifs is 4. The van der Waals surface area contributed by atoms with Gasteiger partial charge in [-0.15, -0.1) is 5.10 Å². The number of benzene rings is 1. The van der Waals surface area contributed by atoms with Gasteiger partial charge in [0, 0.05) is 33.5 Å². The first-order valence-corrected chi connectivity index (χ1v) is 14.8. The monoisotopic (exact) mass is 723 g/mol. The minimum Gasteiger partial charge on any atom is -0.475 e. The normalized spacial score (nSPS) is 20.0. The summed E-state index contributed by atoms with van der Waals surface area (Å²) in [4.78, 5) is 44.6. The summed E-state index contributed by atoms with van der Waals surface area (Å²) >= 11 is 12.0. The van der Waals surface area contributed by atoms with E-state index in [2.05, 4.69) is 30.7 Å². The maximum Gasteiger partial charge on any atom is 0.490 e. The van der Waals surface area contributed by atoms with Crippen molar-refractivity contribution in [1.82, 2.24) is 39.3 Å². The second-order valence-corrected chi connectivity index (χ2v) is 11.3. The van der Waals surface area contributed by atoms with Crippen molar-refractivity contribution >= 4 is 40.8 Å². The third-order valence-electron chi connectivity index (χ3n) is 7.25. The van der Waals surface area contributed by atoms with Crippen molar-refractivity contribution in [3.8, 4) is 28.2 Å². The highest BCUT2D eigenvalue weighted by Crippen LogP contribution is 2.34. The average molecular weight is 724 g/mol. The Morgan fingerprint density at radius 2 is 1.90 bits per heavy atom. The van der Waals surface area contributed by atoms with Crippen molar-refractivity contribution in [2.24, 2.45) is 13.0 Å². The number of aryl methyl sites for hydroxylation is 1. The molecule has 0 radical (unpaired) electrons. The summed E-state index contributed by atoms with van der Waals surface area (Å²) < 4.78 is 68.8. The molecule has 0 aliphatic carbocycles. The van der Waals surface area contributed by atoms with Crippen LogP contribution in [0.4, 0.5) is 23.2 Å². The number of anilines is 1. The van der Waals surface area contributed by atoms with Crippen LogP contribution in [0.25, 0.3) is 28.2 Å². The smallest absolute Gasteiger partial charge is 0.475 e. The lowest BCUT2D eigenvalue weighted by atomic mass is 9.97. The minimum atomic E-state index is -5.08. The van der Waals surface area contributed by atoms with Gasteiger partial charge in [-0.1, -0.05) is 41.7 Å². The van der Waals surface area contributed by atoms with Crippen molar-refractivity contribution in [1.29, 1.82) is 0 Å². The van der Waals surface area contributed by atoms with E-state index in [0.29, 0.717) is 22.6 Å². The molecule has 4 atom stereocenters. The molecule has 256 valence electrons. The second kappa shape index (κ2) is 14.1. The van der Waals surface area contributed by atoms with Gasteiger partial charge in [0.2, 0.25) is 5.91 Å². The molecule has 13 nitrogen and oxygen atoms in total. The van der Waals surface area contributed by atoms with Crippen molar-refractivity contribution in [2.45, 2.75) is 38.4 Å². The summed E-state index contributed by atoms with van der Waals surface area (Å²) in [6.45, 7) is 1.59. The van der Waals surface area contributed by atoms with Crippen molar-refractivity contribution < 1.29 is 35.0 Å². The van der Waals surface area contributed by atoms with Crippen molar-refractivity contribution in [3.63, 3.8) is 0 Å². The van der Waals surface area contributed by atoms with Gasteiger partial charge in [0.05, 0.1) is 63.8 Å².